The lowest BCUT2D eigenvalue weighted by atomic mass is 11.0. The smallest absolute Gasteiger partial charge is 0.240 e. The Balaban J connectivity index is 0. The Morgan fingerprint density at radius 2 is 1.20 bits per heavy atom. The third-order valence-electron chi connectivity index (χ3n) is 0. The zero-order valence-electron chi connectivity index (χ0n) is 3.46. The predicted octanol–water partition coefficient (Wildman–Crippen LogP) is 1.76. The second-order valence-electron chi connectivity index (χ2n) is 0.101. The van der Waals surface area contributed by atoms with E-state index < -0.39 is 13.4 Å². The molecule has 0 aliphatic rings. The van der Waals surface area contributed by atoms with Crippen LogP contribution in [0.3, 0.4) is 0 Å². The van der Waals surface area contributed by atoms with Gasteiger partial charge in [0.2, 0.25) is 0 Å². The SMILES string of the molecule is CC.[Cl][AlH][Cl]. The third-order valence-corrected chi connectivity index (χ3v) is 0. The van der Waals surface area contributed by atoms with Crippen molar-refractivity contribution in [2.24, 2.45) is 0 Å². The first-order chi connectivity index (χ1) is 2.41. The number of hydrogen-bond acceptors (Lipinski definition) is 0. The minimum absolute atomic E-state index is 0.639. The second kappa shape index (κ2) is 19.4. The van der Waals surface area contributed by atoms with E-state index in [9.17, 15) is 0 Å². The van der Waals surface area contributed by atoms with Gasteiger partial charge in [0.25, 0.3) is 0 Å². The Morgan fingerprint density at radius 1 is 1.20 bits per heavy atom. The maximum atomic E-state index is 4.90. The molecule has 32 valence electrons. The molecule has 0 unspecified atom stereocenters. The molecule has 0 saturated heterocycles. The average molecular weight is 129 g/mol. The summed E-state index contributed by atoms with van der Waals surface area (Å²) in [7, 11) is 9.81. The number of hydrogen-bond donors (Lipinski definition) is 0. The van der Waals surface area contributed by atoms with Crippen LogP contribution in [-0.2, 0) is 0 Å². The third kappa shape index (κ3) is 40.0. The van der Waals surface area contributed by atoms with Gasteiger partial charge in [-0.1, -0.05) is 13.8 Å². The van der Waals surface area contributed by atoms with Gasteiger partial charge in [0.15, 0.2) is 0 Å². The van der Waals surface area contributed by atoms with Crippen molar-refractivity contribution < 1.29 is 0 Å². The van der Waals surface area contributed by atoms with Gasteiger partial charge in [-0.3, -0.25) is 0 Å². The molecule has 0 spiro atoms. The summed E-state index contributed by atoms with van der Waals surface area (Å²) in [5.74, 6) is 0. The van der Waals surface area contributed by atoms with E-state index in [0.717, 1.165) is 0 Å². The van der Waals surface area contributed by atoms with Crippen LogP contribution in [-0.4, -0.2) is 13.4 Å². The van der Waals surface area contributed by atoms with Gasteiger partial charge in [0.05, 0.1) is 0 Å². The van der Waals surface area contributed by atoms with E-state index in [4.69, 9.17) is 20.1 Å². The van der Waals surface area contributed by atoms with Gasteiger partial charge in [0.1, 0.15) is 0 Å². The molecule has 0 rings (SSSR count). The van der Waals surface area contributed by atoms with Gasteiger partial charge in [0, 0.05) is 0 Å². The average Bonchev–Trinajstić information content (AvgIpc) is 1.46. The van der Waals surface area contributed by atoms with E-state index in [1.807, 2.05) is 13.8 Å². The first-order valence-corrected chi connectivity index (χ1v) is 5.81. The molecule has 0 atom stereocenters. The van der Waals surface area contributed by atoms with Crippen molar-refractivity contribution in [2.75, 3.05) is 0 Å². The number of halogens is 2. The normalized spacial score (nSPS) is 4.00. The molecule has 0 amide bonds. The highest BCUT2D eigenvalue weighted by atomic mass is 35.7. The molecule has 3 heteroatoms. The Hall–Kier alpha value is 1.11. The van der Waals surface area contributed by atoms with Crippen LogP contribution in [0.4, 0.5) is 0 Å². The van der Waals surface area contributed by atoms with Crippen LogP contribution < -0.4 is 0 Å². The Bertz CT molecular complexity index is 7.61. The summed E-state index contributed by atoms with van der Waals surface area (Å²) in [6.07, 6.45) is 0. The standard InChI is InChI=1S/C2H6.Al.2ClH.H/c1-2;;;;/h1-2H3;;2*1H;/q;+2;;;/p-2. The van der Waals surface area contributed by atoms with Crippen LogP contribution in [0.25, 0.3) is 0 Å². The van der Waals surface area contributed by atoms with Crippen LogP contribution in [0, 0.1) is 0 Å². The molecule has 0 saturated carbocycles. The van der Waals surface area contributed by atoms with Crippen LogP contribution in [0.2, 0.25) is 0 Å². The summed E-state index contributed by atoms with van der Waals surface area (Å²) < 4.78 is 0. The second-order valence-corrected chi connectivity index (χ2v) is 2.73. The minimum atomic E-state index is -0.639. The van der Waals surface area contributed by atoms with Gasteiger partial charge in [-0.2, -0.15) is 0 Å². The summed E-state index contributed by atoms with van der Waals surface area (Å²) in [4.78, 5) is 0. The summed E-state index contributed by atoms with van der Waals surface area (Å²) >= 11 is -0.639. The van der Waals surface area contributed by atoms with Crippen molar-refractivity contribution in [3.63, 3.8) is 0 Å². The molecular formula is C2H7AlCl2. The molecule has 0 aromatic rings. The molecule has 0 heterocycles. The van der Waals surface area contributed by atoms with Crippen LogP contribution >= 0.6 is 20.1 Å². The molecule has 0 nitrogen and oxygen atoms in total. The van der Waals surface area contributed by atoms with Crippen LogP contribution in [0.1, 0.15) is 13.8 Å². The topological polar surface area (TPSA) is 0 Å². The van der Waals surface area contributed by atoms with Gasteiger partial charge in [-0.25, -0.2) is 20.1 Å². The monoisotopic (exact) mass is 128 g/mol. The van der Waals surface area contributed by atoms with E-state index in [0.29, 0.717) is 0 Å². The maximum absolute atomic E-state index is 4.90. The molecule has 0 radical (unpaired) electrons. The van der Waals surface area contributed by atoms with Crippen molar-refractivity contribution in [1.82, 2.24) is 0 Å². The lowest BCUT2D eigenvalue weighted by Crippen LogP contribution is -1.36. The summed E-state index contributed by atoms with van der Waals surface area (Å²) in [6, 6.07) is 0. The maximum Gasteiger partial charge on any atom is 0.499 e. The zero-order valence-corrected chi connectivity index (χ0v) is 6.39. The van der Waals surface area contributed by atoms with E-state index in [-0.39, 0.29) is 0 Å². The Labute approximate surface area is 47.6 Å². The fourth-order valence-corrected chi connectivity index (χ4v) is 0. The molecule has 0 bridgehead atoms. The highest BCUT2D eigenvalue weighted by Crippen LogP contribution is 1.67. The molecule has 0 fully saturated rings. The molecule has 0 aliphatic carbocycles. The molecule has 0 N–H and O–H groups in total. The minimum Gasteiger partial charge on any atom is -0.240 e. The summed E-state index contributed by atoms with van der Waals surface area (Å²) in [6.45, 7) is 4.00. The molecule has 0 aromatic carbocycles. The Kier molecular flexibility index (Phi) is 36.6. The summed E-state index contributed by atoms with van der Waals surface area (Å²) in [5.41, 5.74) is 0. The van der Waals surface area contributed by atoms with Crippen molar-refractivity contribution in [2.45, 2.75) is 13.8 Å². The van der Waals surface area contributed by atoms with E-state index >= 15 is 0 Å². The largest absolute Gasteiger partial charge is 0.499 e. The first kappa shape index (κ1) is 9.45. The fourth-order valence-electron chi connectivity index (χ4n) is 0. The zero-order chi connectivity index (χ0) is 4.71. The van der Waals surface area contributed by atoms with Gasteiger partial charge in [-0.15, -0.1) is 0 Å². The highest BCUT2D eigenvalue weighted by molar-refractivity contribution is 7.22. The molecule has 5 heavy (non-hydrogen) atoms. The van der Waals surface area contributed by atoms with Gasteiger partial charge < -0.3 is 0 Å². The van der Waals surface area contributed by atoms with E-state index in [1.54, 1.807) is 0 Å². The van der Waals surface area contributed by atoms with Crippen molar-refractivity contribution >= 4 is 33.5 Å². The molecular weight excluding hydrogens is 122 g/mol. The quantitative estimate of drug-likeness (QED) is 0.437. The highest BCUT2D eigenvalue weighted by Gasteiger charge is 1.59. The number of rotatable bonds is 0. The predicted molar refractivity (Wildman–Crippen MR) is 30.2 cm³/mol. The van der Waals surface area contributed by atoms with Crippen molar-refractivity contribution in [3.05, 3.63) is 0 Å². The van der Waals surface area contributed by atoms with Gasteiger partial charge in [-0.05, 0) is 0 Å². The summed E-state index contributed by atoms with van der Waals surface area (Å²) in [5, 5.41) is 0. The lowest BCUT2D eigenvalue weighted by Gasteiger charge is -1.33. The van der Waals surface area contributed by atoms with Crippen molar-refractivity contribution in [1.29, 1.82) is 0 Å². The van der Waals surface area contributed by atoms with Crippen LogP contribution in [0.15, 0.2) is 0 Å². The van der Waals surface area contributed by atoms with Crippen molar-refractivity contribution in [3.8, 4) is 0 Å². The van der Waals surface area contributed by atoms with Gasteiger partial charge >= 0.3 is 13.4 Å². The van der Waals surface area contributed by atoms with Crippen LogP contribution in [0.5, 0.6) is 0 Å². The lowest BCUT2D eigenvalue weighted by molar-refractivity contribution is 1.50. The fraction of sp³-hybridized carbons (Fsp3) is 1.00. The van der Waals surface area contributed by atoms with E-state index in [1.165, 1.54) is 0 Å². The first-order valence-electron chi connectivity index (χ1n) is 1.53. The Morgan fingerprint density at radius 3 is 1.20 bits per heavy atom. The van der Waals surface area contributed by atoms with E-state index in [2.05, 4.69) is 0 Å². The molecule has 0 aliphatic heterocycles. The molecule has 0 aromatic heterocycles.